The molecule has 0 saturated carbocycles. The number of hydrogen-bond donors (Lipinski definition) is 2. The van der Waals surface area contributed by atoms with Crippen LogP contribution in [-0.4, -0.2) is 22.2 Å². The Morgan fingerprint density at radius 3 is 1.71 bits per heavy atom. The van der Waals surface area contributed by atoms with E-state index in [1.807, 2.05) is 56.3 Å². The second-order valence-corrected chi connectivity index (χ2v) is 6.71. The van der Waals surface area contributed by atoms with E-state index in [0.29, 0.717) is 5.56 Å². The van der Waals surface area contributed by atoms with Crippen LogP contribution in [0.1, 0.15) is 48.5 Å². The summed E-state index contributed by atoms with van der Waals surface area (Å²) in [5, 5.41) is 18.6. The summed E-state index contributed by atoms with van der Waals surface area (Å²) in [7, 11) is 0. The molecular weight excluding hydrogens is 352 g/mol. The van der Waals surface area contributed by atoms with Gasteiger partial charge < -0.3 is 10.2 Å². The Bertz CT molecular complexity index is 1050. The molecule has 0 fully saturated rings. The third kappa shape index (κ3) is 4.18. The molecule has 4 heteroatoms. The maximum Gasteiger partial charge on any atom is 0.336 e. The highest BCUT2D eigenvalue weighted by atomic mass is 16.4. The lowest BCUT2D eigenvalue weighted by molar-refractivity contribution is 0.0651. The fourth-order valence-electron chi connectivity index (χ4n) is 3.14. The van der Waals surface area contributed by atoms with Crippen molar-refractivity contribution in [1.82, 2.24) is 0 Å². The molecule has 3 aromatic rings. The maximum absolute atomic E-state index is 11.5. The Hall–Kier alpha value is -3.66. The lowest BCUT2D eigenvalue weighted by Crippen LogP contribution is -2.08. The summed E-state index contributed by atoms with van der Waals surface area (Å²) in [6.45, 7) is 4.03. The standard InChI is InChI=1S/C24H20O4/c1-15-5-3-7-18(11-15)21(19-8-4-6-16(2)12-19)13-17-9-10-20(23(25)26)22(14-17)24(27)28/h3-14H,1-2H3,(H,25,26)(H,27,28). The van der Waals surface area contributed by atoms with Gasteiger partial charge in [0.2, 0.25) is 0 Å². The van der Waals surface area contributed by atoms with E-state index in [0.717, 1.165) is 27.8 Å². The topological polar surface area (TPSA) is 74.6 Å². The van der Waals surface area contributed by atoms with Crippen LogP contribution >= 0.6 is 0 Å². The van der Waals surface area contributed by atoms with E-state index in [1.54, 1.807) is 6.07 Å². The van der Waals surface area contributed by atoms with E-state index in [1.165, 1.54) is 12.1 Å². The number of hydrogen-bond acceptors (Lipinski definition) is 2. The first-order chi connectivity index (χ1) is 13.3. The third-order valence-electron chi connectivity index (χ3n) is 4.47. The fourth-order valence-corrected chi connectivity index (χ4v) is 3.14. The molecule has 3 rings (SSSR count). The average molecular weight is 372 g/mol. The number of rotatable bonds is 5. The van der Waals surface area contributed by atoms with Crippen LogP contribution in [-0.2, 0) is 0 Å². The van der Waals surface area contributed by atoms with Crippen LogP contribution in [0.15, 0.2) is 66.7 Å². The minimum absolute atomic E-state index is 0.225. The molecule has 0 unspecified atom stereocenters. The molecule has 0 radical (unpaired) electrons. The number of carboxylic acid groups (broad SMARTS) is 2. The smallest absolute Gasteiger partial charge is 0.336 e. The predicted molar refractivity (Wildman–Crippen MR) is 110 cm³/mol. The molecule has 4 nitrogen and oxygen atoms in total. The van der Waals surface area contributed by atoms with E-state index in [4.69, 9.17) is 0 Å². The van der Waals surface area contributed by atoms with Crippen molar-refractivity contribution < 1.29 is 19.8 Å². The summed E-state index contributed by atoms with van der Waals surface area (Å²) in [5.41, 5.74) is 5.35. The lowest BCUT2D eigenvalue weighted by atomic mass is 9.93. The minimum atomic E-state index is -1.26. The Morgan fingerprint density at radius 1 is 0.714 bits per heavy atom. The van der Waals surface area contributed by atoms with Crippen LogP contribution in [0.4, 0.5) is 0 Å². The van der Waals surface area contributed by atoms with Crippen molar-refractivity contribution in [2.45, 2.75) is 13.8 Å². The SMILES string of the molecule is Cc1cccc(C(=Cc2ccc(C(=O)O)c(C(=O)O)c2)c2cccc(C)c2)c1. The van der Waals surface area contributed by atoms with Crippen LogP contribution < -0.4 is 0 Å². The molecule has 0 aromatic heterocycles. The fraction of sp³-hybridized carbons (Fsp3) is 0.0833. The summed E-state index contributed by atoms with van der Waals surface area (Å²) in [5.74, 6) is -2.52. The van der Waals surface area contributed by atoms with Gasteiger partial charge >= 0.3 is 11.9 Å². The molecule has 140 valence electrons. The minimum Gasteiger partial charge on any atom is -0.478 e. The number of carbonyl (C=O) groups is 2. The van der Waals surface area contributed by atoms with Crippen LogP contribution in [0.3, 0.4) is 0 Å². The van der Waals surface area contributed by atoms with Gasteiger partial charge in [-0.2, -0.15) is 0 Å². The first-order valence-electron chi connectivity index (χ1n) is 8.81. The van der Waals surface area contributed by atoms with E-state index in [2.05, 4.69) is 12.1 Å². The summed E-state index contributed by atoms with van der Waals surface area (Å²) >= 11 is 0. The molecule has 0 aliphatic carbocycles. The van der Waals surface area contributed by atoms with E-state index in [-0.39, 0.29) is 11.1 Å². The summed E-state index contributed by atoms with van der Waals surface area (Å²) in [6, 6.07) is 20.5. The number of aryl methyl sites for hydroxylation is 2. The van der Waals surface area contributed by atoms with Crippen LogP contribution in [0, 0.1) is 13.8 Å². The Balaban J connectivity index is 2.21. The quantitative estimate of drug-likeness (QED) is 0.597. The molecule has 0 atom stereocenters. The summed E-state index contributed by atoms with van der Waals surface area (Å²) in [6.07, 6.45) is 1.89. The number of aromatic carboxylic acids is 2. The van der Waals surface area contributed by atoms with Crippen LogP contribution in [0.2, 0.25) is 0 Å². The monoisotopic (exact) mass is 372 g/mol. The van der Waals surface area contributed by atoms with Gasteiger partial charge in [0.15, 0.2) is 0 Å². The van der Waals surface area contributed by atoms with Crippen molar-refractivity contribution in [3.63, 3.8) is 0 Å². The molecule has 3 aromatic carbocycles. The average Bonchev–Trinajstić information content (AvgIpc) is 2.65. The Morgan fingerprint density at radius 2 is 1.25 bits per heavy atom. The zero-order valence-electron chi connectivity index (χ0n) is 15.6. The Kier molecular flexibility index (Phi) is 5.41. The van der Waals surface area contributed by atoms with Gasteiger partial charge in [-0.25, -0.2) is 9.59 Å². The van der Waals surface area contributed by atoms with Gasteiger partial charge in [0.25, 0.3) is 0 Å². The third-order valence-corrected chi connectivity index (χ3v) is 4.47. The second-order valence-electron chi connectivity index (χ2n) is 6.71. The molecule has 0 amide bonds. The van der Waals surface area contributed by atoms with Crippen molar-refractivity contribution in [3.8, 4) is 0 Å². The lowest BCUT2D eigenvalue weighted by Gasteiger charge is -2.11. The zero-order valence-corrected chi connectivity index (χ0v) is 15.6. The van der Waals surface area contributed by atoms with Gasteiger partial charge in [0, 0.05) is 0 Å². The number of carboxylic acids is 2. The van der Waals surface area contributed by atoms with Crippen molar-refractivity contribution in [1.29, 1.82) is 0 Å². The summed E-state index contributed by atoms with van der Waals surface area (Å²) < 4.78 is 0. The summed E-state index contributed by atoms with van der Waals surface area (Å²) in [4.78, 5) is 22.8. The van der Waals surface area contributed by atoms with Gasteiger partial charge in [-0.3, -0.25) is 0 Å². The largest absolute Gasteiger partial charge is 0.478 e. The van der Waals surface area contributed by atoms with Gasteiger partial charge in [-0.1, -0.05) is 65.7 Å². The zero-order chi connectivity index (χ0) is 20.3. The molecule has 0 saturated heterocycles. The normalized spacial score (nSPS) is 10.4. The molecule has 28 heavy (non-hydrogen) atoms. The van der Waals surface area contributed by atoms with Crippen LogP contribution in [0.5, 0.6) is 0 Å². The highest BCUT2D eigenvalue weighted by Crippen LogP contribution is 2.28. The second kappa shape index (κ2) is 7.92. The van der Waals surface area contributed by atoms with Gasteiger partial charge in [0.1, 0.15) is 0 Å². The molecule has 0 aliphatic heterocycles. The van der Waals surface area contributed by atoms with Crippen LogP contribution in [0.25, 0.3) is 11.6 Å². The number of benzene rings is 3. The first kappa shape index (κ1) is 19.1. The van der Waals surface area contributed by atoms with Crippen molar-refractivity contribution in [3.05, 3.63) is 106 Å². The first-order valence-corrected chi connectivity index (χ1v) is 8.81. The molecule has 0 heterocycles. The highest BCUT2D eigenvalue weighted by Gasteiger charge is 2.16. The molecular formula is C24H20O4. The predicted octanol–water partition coefficient (Wildman–Crippen LogP) is 5.29. The maximum atomic E-state index is 11.5. The van der Waals surface area contributed by atoms with E-state index < -0.39 is 11.9 Å². The van der Waals surface area contributed by atoms with Gasteiger partial charge in [-0.15, -0.1) is 0 Å². The molecule has 2 N–H and O–H groups in total. The Labute approximate surface area is 163 Å². The highest BCUT2D eigenvalue weighted by molar-refractivity contribution is 6.02. The van der Waals surface area contributed by atoms with E-state index in [9.17, 15) is 19.8 Å². The van der Waals surface area contributed by atoms with E-state index >= 15 is 0 Å². The van der Waals surface area contributed by atoms with Gasteiger partial charge in [-0.05, 0) is 54.3 Å². The van der Waals surface area contributed by atoms with Crippen molar-refractivity contribution in [2.75, 3.05) is 0 Å². The van der Waals surface area contributed by atoms with Gasteiger partial charge in [0.05, 0.1) is 11.1 Å². The molecule has 0 bridgehead atoms. The van der Waals surface area contributed by atoms with Crippen molar-refractivity contribution in [2.24, 2.45) is 0 Å². The molecule has 0 aliphatic rings. The van der Waals surface area contributed by atoms with Crippen molar-refractivity contribution >= 4 is 23.6 Å². The molecule has 0 spiro atoms.